The van der Waals surface area contributed by atoms with E-state index in [0.29, 0.717) is 5.75 Å². The van der Waals surface area contributed by atoms with Crippen LogP contribution in [0.3, 0.4) is 0 Å². The molecular formula is C14H15NO5. The average Bonchev–Trinajstić information content (AvgIpc) is 2.44. The van der Waals surface area contributed by atoms with Crippen molar-refractivity contribution in [3.63, 3.8) is 0 Å². The summed E-state index contributed by atoms with van der Waals surface area (Å²) in [5.41, 5.74) is -0.0533. The van der Waals surface area contributed by atoms with Crippen LogP contribution in [0, 0.1) is 12.3 Å². The molecule has 0 aliphatic rings. The van der Waals surface area contributed by atoms with Crippen molar-refractivity contribution in [3.8, 4) is 23.8 Å². The molecule has 0 spiro atoms. The number of carbonyl (C=O) groups is 2. The van der Waals surface area contributed by atoms with Crippen LogP contribution in [-0.2, 0) is 4.79 Å². The van der Waals surface area contributed by atoms with Gasteiger partial charge in [-0.2, -0.15) is 0 Å². The van der Waals surface area contributed by atoms with E-state index < -0.39 is 18.0 Å². The van der Waals surface area contributed by atoms with E-state index >= 15 is 0 Å². The SMILES string of the molecule is C#CCNC(=O)C(C)Oc1cc(OC)ccc1C(=O)O. The van der Waals surface area contributed by atoms with Crippen LogP contribution in [0.4, 0.5) is 0 Å². The van der Waals surface area contributed by atoms with Gasteiger partial charge in [-0.15, -0.1) is 6.42 Å². The highest BCUT2D eigenvalue weighted by atomic mass is 16.5. The minimum atomic E-state index is -1.15. The molecule has 1 rings (SSSR count). The lowest BCUT2D eigenvalue weighted by atomic mass is 10.2. The van der Waals surface area contributed by atoms with E-state index in [1.165, 1.54) is 32.2 Å². The number of amides is 1. The number of hydrogen-bond donors (Lipinski definition) is 2. The summed E-state index contributed by atoms with van der Waals surface area (Å²) in [5.74, 6) is 1.17. The zero-order chi connectivity index (χ0) is 15.1. The Morgan fingerprint density at radius 2 is 2.20 bits per heavy atom. The lowest BCUT2D eigenvalue weighted by Crippen LogP contribution is -2.36. The van der Waals surface area contributed by atoms with Crippen molar-refractivity contribution >= 4 is 11.9 Å². The third kappa shape index (κ3) is 3.92. The van der Waals surface area contributed by atoms with Crippen molar-refractivity contribution in [1.82, 2.24) is 5.32 Å². The summed E-state index contributed by atoms with van der Waals surface area (Å²) in [6.45, 7) is 1.58. The number of benzene rings is 1. The molecule has 6 nitrogen and oxygen atoms in total. The van der Waals surface area contributed by atoms with Gasteiger partial charge in [0.1, 0.15) is 17.1 Å². The van der Waals surface area contributed by atoms with E-state index in [1.54, 1.807) is 0 Å². The minimum Gasteiger partial charge on any atom is -0.497 e. The number of terminal acetylenes is 1. The monoisotopic (exact) mass is 277 g/mol. The summed E-state index contributed by atoms with van der Waals surface area (Å²) in [5, 5.41) is 11.5. The van der Waals surface area contributed by atoms with Gasteiger partial charge in [0.15, 0.2) is 6.10 Å². The fraction of sp³-hybridized carbons (Fsp3) is 0.286. The highest BCUT2D eigenvalue weighted by Crippen LogP contribution is 2.25. The molecular weight excluding hydrogens is 262 g/mol. The number of carboxylic acids is 1. The third-order valence-electron chi connectivity index (χ3n) is 2.46. The second-order valence-electron chi connectivity index (χ2n) is 3.85. The van der Waals surface area contributed by atoms with Gasteiger partial charge >= 0.3 is 5.97 Å². The highest BCUT2D eigenvalue weighted by molar-refractivity contribution is 5.91. The van der Waals surface area contributed by atoms with Gasteiger partial charge in [0.05, 0.1) is 13.7 Å². The summed E-state index contributed by atoms with van der Waals surface area (Å²) in [6.07, 6.45) is 4.15. The van der Waals surface area contributed by atoms with Crippen LogP contribution in [0.25, 0.3) is 0 Å². The van der Waals surface area contributed by atoms with Gasteiger partial charge in [0.2, 0.25) is 0 Å². The summed E-state index contributed by atoms with van der Waals surface area (Å²) >= 11 is 0. The molecule has 0 bridgehead atoms. The maximum Gasteiger partial charge on any atom is 0.339 e. The molecule has 0 aromatic heterocycles. The van der Waals surface area contributed by atoms with E-state index in [2.05, 4.69) is 11.2 Å². The van der Waals surface area contributed by atoms with Crippen LogP contribution in [-0.4, -0.2) is 36.7 Å². The first-order valence-corrected chi connectivity index (χ1v) is 5.78. The van der Waals surface area contributed by atoms with Crippen LogP contribution >= 0.6 is 0 Å². The molecule has 0 saturated heterocycles. The molecule has 6 heteroatoms. The second kappa shape index (κ2) is 7.04. The summed E-state index contributed by atoms with van der Waals surface area (Å²) in [6, 6.07) is 4.26. The second-order valence-corrected chi connectivity index (χ2v) is 3.85. The molecule has 1 unspecified atom stereocenters. The van der Waals surface area contributed by atoms with Crippen molar-refractivity contribution in [2.24, 2.45) is 0 Å². The molecule has 1 aromatic carbocycles. The maximum atomic E-state index is 11.6. The van der Waals surface area contributed by atoms with E-state index in [9.17, 15) is 9.59 Å². The predicted octanol–water partition coefficient (Wildman–Crippen LogP) is 0.910. The largest absolute Gasteiger partial charge is 0.497 e. The Morgan fingerprint density at radius 1 is 1.50 bits per heavy atom. The molecule has 0 radical (unpaired) electrons. The Hall–Kier alpha value is -2.68. The lowest BCUT2D eigenvalue weighted by Gasteiger charge is -2.16. The van der Waals surface area contributed by atoms with Crippen LogP contribution < -0.4 is 14.8 Å². The van der Waals surface area contributed by atoms with Gasteiger partial charge in [-0.05, 0) is 19.1 Å². The van der Waals surface area contributed by atoms with Crippen LogP contribution in [0.1, 0.15) is 17.3 Å². The quantitative estimate of drug-likeness (QED) is 0.755. The Labute approximate surface area is 116 Å². The standard InChI is InChI=1S/C14H15NO5/c1-4-7-15-13(16)9(2)20-12-8-10(19-3)5-6-11(12)14(17)18/h1,5-6,8-9H,7H2,2-3H3,(H,15,16)(H,17,18). The maximum absolute atomic E-state index is 11.6. The van der Waals surface area contributed by atoms with Crippen molar-refractivity contribution in [2.45, 2.75) is 13.0 Å². The zero-order valence-corrected chi connectivity index (χ0v) is 11.2. The van der Waals surface area contributed by atoms with Crippen molar-refractivity contribution in [3.05, 3.63) is 23.8 Å². The topological polar surface area (TPSA) is 84.9 Å². The fourth-order valence-corrected chi connectivity index (χ4v) is 1.43. The summed E-state index contributed by atoms with van der Waals surface area (Å²) in [4.78, 5) is 22.7. The number of methoxy groups -OCH3 is 1. The molecule has 106 valence electrons. The van der Waals surface area contributed by atoms with Gasteiger partial charge in [-0.25, -0.2) is 4.79 Å². The number of nitrogens with one attached hydrogen (secondary N) is 1. The van der Waals surface area contributed by atoms with E-state index in [0.717, 1.165) is 0 Å². The molecule has 0 aliphatic heterocycles. The molecule has 20 heavy (non-hydrogen) atoms. The molecule has 1 atom stereocenters. The number of ether oxygens (including phenoxy) is 2. The highest BCUT2D eigenvalue weighted by Gasteiger charge is 2.19. The fourth-order valence-electron chi connectivity index (χ4n) is 1.43. The van der Waals surface area contributed by atoms with E-state index in [4.69, 9.17) is 21.0 Å². The van der Waals surface area contributed by atoms with E-state index in [1.807, 2.05) is 0 Å². The van der Waals surface area contributed by atoms with Crippen molar-refractivity contribution in [1.29, 1.82) is 0 Å². The van der Waals surface area contributed by atoms with Gasteiger partial charge in [0.25, 0.3) is 5.91 Å². The Kier molecular flexibility index (Phi) is 5.42. The predicted molar refractivity (Wildman–Crippen MR) is 71.9 cm³/mol. The molecule has 0 aliphatic carbocycles. The molecule has 0 heterocycles. The first kappa shape index (κ1) is 15.4. The number of carboxylic acid groups (broad SMARTS) is 1. The zero-order valence-electron chi connectivity index (χ0n) is 11.2. The first-order chi connectivity index (χ1) is 9.49. The average molecular weight is 277 g/mol. The third-order valence-corrected chi connectivity index (χ3v) is 2.46. The van der Waals surface area contributed by atoms with Crippen molar-refractivity contribution < 1.29 is 24.2 Å². The number of hydrogen-bond acceptors (Lipinski definition) is 4. The van der Waals surface area contributed by atoms with Gasteiger partial charge in [0, 0.05) is 6.07 Å². The Bertz CT molecular complexity index is 547. The molecule has 0 saturated carbocycles. The smallest absolute Gasteiger partial charge is 0.339 e. The van der Waals surface area contributed by atoms with Crippen LogP contribution in [0.2, 0.25) is 0 Å². The normalized spacial score (nSPS) is 11.1. The minimum absolute atomic E-state index is 0.0533. The van der Waals surface area contributed by atoms with Gasteiger partial charge in [-0.3, -0.25) is 4.79 Å². The summed E-state index contributed by atoms with van der Waals surface area (Å²) < 4.78 is 10.4. The van der Waals surface area contributed by atoms with E-state index in [-0.39, 0.29) is 17.9 Å². The molecule has 1 aromatic rings. The summed E-state index contributed by atoms with van der Waals surface area (Å²) in [7, 11) is 1.45. The Morgan fingerprint density at radius 3 is 2.75 bits per heavy atom. The number of rotatable bonds is 6. The Balaban J connectivity index is 2.92. The lowest BCUT2D eigenvalue weighted by molar-refractivity contribution is -0.127. The van der Waals surface area contributed by atoms with Crippen LogP contribution in [0.5, 0.6) is 11.5 Å². The van der Waals surface area contributed by atoms with Gasteiger partial charge < -0.3 is 19.9 Å². The molecule has 1 amide bonds. The first-order valence-electron chi connectivity index (χ1n) is 5.78. The molecule has 2 N–H and O–H groups in total. The van der Waals surface area contributed by atoms with Crippen LogP contribution in [0.15, 0.2) is 18.2 Å². The number of aromatic carboxylic acids is 1. The number of carbonyl (C=O) groups excluding carboxylic acids is 1. The van der Waals surface area contributed by atoms with Gasteiger partial charge in [-0.1, -0.05) is 5.92 Å². The van der Waals surface area contributed by atoms with Crippen molar-refractivity contribution in [2.75, 3.05) is 13.7 Å². The molecule has 0 fully saturated rings.